The minimum Gasteiger partial charge on any atom is -0.375 e. The fourth-order valence-corrected chi connectivity index (χ4v) is 3.40. The number of nitrogens with two attached hydrogens (primary N) is 1. The number of rotatable bonds is 1. The number of aromatic nitrogens is 1. The fraction of sp³-hybridized carbons (Fsp3) is 0.273. The average molecular weight is 265 g/mol. The van der Waals surface area contributed by atoms with Crippen molar-refractivity contribution in [1.82, 2.24) is 9.88 Å². The van der Waals surface area contributed by atoms with E-state index < -0.39 is 0 Å². The molecule has 2 aromatic rings. The lowest BCUT2D eigenvalue weighted by Gasteiger charge is -2.26. The molecule has 4 nitrogen and oxygen atoms in total. The maximum absolute atomic E-state index is 12.2. The van der Waals surface area contributed by atoms with Crippen molar-refractivity contribution in [3.05, 3.63) is 33.0 Å². The Bertz CT molecular complexity index is 561. The number of thiophene rings is 1. The highest BCUT2D eigenvalue weighted by molar-refractivity contribution is 7.13. The van der Waals surface area contributed by atoms with E-state index in [9.17, 15) is 4.79 Å². The lowest BCUT2D eigenvalue weighted by molar-refractivity contribution is 0.0731. The number of carbonyl (C=O) groups excluding carboxylic acids is 1. The first-order chi connectivity index (χ1) is 8.24. The number of thiazole rings is 1. The molecule has 0 saturated heterocycles. The highest BCUT2D eigenvalue weighted by Crippen LogP contribution is 2.25. The number of hydrogen-bond acceptors (Lipinski definition) is 5. The van der Waals surface area contributed by atoms with Crippen molar-refractivity contribution in [2.24, 2.45) is 0 Å². The summed E-state index contributed by atoms with van der Waals surface area (Å²) in [5.74, 6) is -0.0187. The van der Waals surface area contributed by atoms with Gasteiger partial charge in [-0.25, -0.2) is 4.98 Å². The molecule has 0 aliphatic carbocycles. The summed E-state index contributed by atoms with van der Waals surface area (Å²) >= 11 is 3.07. The number of amides is 1. The van der Waals surface area contributed by atoms with Gasteiger partial charge in [0, 0.05) is 23.3 Å². The number of fused-ring (bicyclic) bond motifs is 1. The Hall–Kier alpha value is -1.40. The van der Waals surface area contributed by atoms with Crippen LogP contribution in [-0.4, -0.2) is 22.3 Å². The van der Waals surface area contributed by atoms with Gasteiger partial charge in [0.25, 0.3) is 5.91 Å². The van der Waals surface area contributed by atoms with Crippen molar-refractivity contribution in [3.63, 3.8) is 0 Å². The van der Waals surface area contributed by atoms with Crippen LogP contribution in [0.2, 0.25) is 0 Å². The first-order valence-electron chi connectivity index (χ1n) is 5.29. The van der Waals surface area contributed by atoms with Gasteiger partial charge < -0.3 is 10.6 Å². The van der Waals surface area contributed by atoms with Gasteiger partial charge in [0.05, 0.1) is 0 Å². The van der Waals surface area contributed by atoms with Gasteiger partial charge in [-0.3, -0.25) is 4.79 Å². The Kier molecular flexibility index (Phi) is 2.60. The van der Waals surface area contributed by atoms with Crippen LogP contribution < -0.4 is 5.73 Å². The van der Waals surface area contributed by atoms with Gasteiger partial charge in [-0.1, -0.05) is 0 Å². The molecule has 0 saturated carbocycles. The average Bonchev–Trinajstić information content (AvgIpc) is 2.95. The summed E-state index contributed by atoms with van der Waals surface area (Å²) in [6, 6.07) is 2.09. The molecule has 0 aromatic carbocycles. The monoisotopic (exact) mass is 265 g/mol. The Labute approximate surface area is 107 Å². The van der Waals surface area contributed by atoms with Crippen LogP contribution in [0.4, 0.5) is 5.13 Å². The summed E-state index contributed by atoms with van der Waals surface area (Å²) in [6.07, 6.45) is 0.943. The van der Waals surface area contributed by atoms with Gasteiger partial charge in [0.1, 0.15) is 5.69 Å². The molecule has 2 N–H and O–H groups in total. The SMILES string of the molecule is Nc1nc(C(=O)N2CCc3sccc3C2)cs1. The third-order valence-electron chi connectivity index (χ3n) is 2.84. The number of anilines is 1. The van der Waals surface area contributed by atoms with E-state index in [0.29, 0.717) is 17.4 Å². The minimum atomic E-state index is -0.0187. The molecule has 88 valence electrons. The molecule has 1 aliphatic heterocycles. The third kappa shape index (κ3) is 1.94. The predicted molar refractivity (Wildman–Crippen MR) is 69.3 cm³/mol. The van der Waals surface area contributed by atoms with Crippen LogP contribution in [0.15, 0.2) is 16.8 Å². The molecule has 0 spiro atoms. The van der Waals surface area contributed by atoms with E-state index >= 15 is 0 Å². The number of hydrogen-bond donors (Lipinski definition) is 1. The van der Waals surface area contributed by atoms with E-state index in [1.807, 2.05) is 4.90 Å². The highest BCUT2D eigenvalue weighted by atomic mass is 32.1. The molecule has 0 atom stereocenters. The zero-order valence-corrected chi connectivity index (χ0v) is 10.7. The zero-order valence-electron chi connectivity index (χ0n) is 9.05. The normalized spacial score (nSPS) is 14.7. The van der Waals surface area contributed by atoms with Gasteiger partial charge in [0.15, 0.2) is 5.13 Å². The topological polar surface area (TPSA) is 59.2 Å². The quantitative estimate of drug-likeness (QED) is 0.857. The molecule has 0 bridgehead atoms. The van der Waals surface area contributed by atoms with Crippen LogP contribution in [0.25, 0.3) is 0 Å². The van der Waals surface area contributed by atoms with Crippen molar-refractivity contribution in [2.75, 3.05) is 12.3 Å². The molecule has 3 heterocycles. The largest absolute Gasteiger partial charge is 0.375 e. The molecule has 6 heteroatoms. The molecule has 0 radical (unpaired) electrons. The molecular weight excluding hydrogens is 254 g/mol. The fourth-order valence-electron chi connectivity index (χ4n) is 1.97. The van der Waals surface area contributed by atoms with Gasteiger partial charge in [0.2, 0.25) is 0 Å². The van der Waals surface area contributed by atoms with E-state index in [1.165, 1.54) is 21.8 Å². The molecule has 2 aromatic heterocycles. The molecule has 3 rings (SSSR count). The van der Waals surface area contributed by atoms with Crippen LogP contribution in [-0.2, 0) is 13.0 Å². The van der Waals surface area contributed by atoms with Crippen molar-refractivity contribution < 1.29 is 4.79 Å². The summed E-state index contributed by atoms with van der Waals surface area (Å²) in [5.41, 5.74) is 7.27. The number of nitrogens with zero attached hydrogens (tertiary/aromatic N) is 2. The summed E-state index contributed by atoms with van der Waals surface area (Å²) in [7, 11) is 0. The summed E-state index contributed by atoms with van der Waals surface area (Å²) in [5, 5.41) is 4.25. The molecule has 0 unspecified atom stereocenters. The van der Waals surface area contributed by atoms with E-state index in [4.69, 9.17) is 5.73 Å². The lowest BCUT2D eigenvalue weighted by atomic mass is 10.1. The molecular formula is C11H11N3OS2. The maximum atomic E-state index is 12.2. The second kappa shape index (κ2) is 4.12. The van der Waals surface area contributed by atoms with Crippen LogP contribution in [0.1, 0.15) is 20.9 Å². The van der Waals surface area contributed by atoms with Gasteiger partial charge in [-0.05, 0) is 23.4 Å². The minimum absolute atomic E-state index is 0.0187. The molecule has 1 amide bonds. The van der Waals surface area contributed by atoms with E-state index in [-0.39, 0.29) is 5.91 Å². The lowest BCUT2D eigenvalue weighted by Crippen LogP contribution is -2.35. The standard InChI is InChI=1S/C11H11N3OS2/c12-11-13-8(6-17-11)10(15)14-3-1-9-7(5-14)2-4-16-9/h2,4,6H,1,3,5H2,(H2,12,13). The van der Waals surface area contributed by atoms with Crippen molar-refractivity contribution in [2.45, 2.75) is 13.0 Å². The summed E-state index contributed by atoms with van der Waals surface area (Å²) < 4.78 is 0. The van der Waals surface area contributed by atoms with Crippen LogP contribution in [0, 0.1) is 0 Å². The van der Waals surface area contributed by atoms with E-state index in [2.05, 4.69) is 16.4 Å². The number of nitrogen functional groups attached to an aromatic ring is 1. The van der Waals surface area contributed by atoms with Crippen molar-refractivity contribution in [1.29, 1.82) is 0 Å². The Balaban J connectivity index is 1.81. The third-order valence-corrected chi connectivity index (χ3v) is 4.53. The van der Waals surface area contributed by atoms with Crippen LogP contribution in [0.3, 0.4) is 0 Å². The molecule has 0 fully saturated rings. The first-order valence-corrected chi connectivity index (χ1v) is 7.05. The Morgan fingerprint density at radius 2 is 2.35 bits per heavy atom. The maximum Gasteiger partial charge on any atom is 0.273 e. The van der Waals surface area contributed by atoms with E-state index in [1.54, 1.807) is 16.7 Å². The molecule has 17 heavy (non-hydrogen) atoms. The van der Waals surface area contributed by atoms with Gasteiger partial charge >= 0.3 is 0 Å². The Morgan fingerprint density at radius 3 is 3.12 bits per heavy atom. The Morgan fingerprint density at radius 1 is 1.47 bits per heavy atom. The highest BCUT2D eigenvalue weighted by Gasteiger charge is 2.23. The van der Waals surface area contributed by atoms with Crippen LogP contribution in [0.5, 0.6) is 0 Å². The summed E-state index contributed by atoms with van der Waals surface area (Å²) in [6.45, 7) is 1.46. The smallest absolute Gasteiger partial charge is 0.273 e. The predicted octanol–water partition coefficient (Wildman–Crippen LogP) is 1.99. The van der Waals surface area contributed by atoms with Crippen molar-refractivity contribution >= 4 is 33.7 Å². The summed E-state index contributed by atoms with van der Waals surface area (Å²) in [4.78, 5) is 19.4. The van der Waals surface area contributed by atoms with Gasteiger partial charge in [-0.2, -0.15) is 0 Å². The van der Waals surface area contributed by atoms with Gasteiger partial charge in [-0.15, -0.1) is 22.7 Å². The second-order valence-electron chi connectivity index (χ2n) is 3.92. The van der Waals surface area contributed by atoms with E-state index in [0.717, 1.165) is 13.0 Å². The van der Waals surface area contributed by atoms with Crippen LogP contribution >= 0.6 is 22.7 Å². The first kappa shape index (κ1) is 10.7. The van der Waals surface area contributed by atoms with Crippen molar-refractivity contribution in [3.8, 4) is 0 Å². The number of carbonyl (C=O) groups is 1. The second-order valence-corrected chi connectivity index (χ2v) is 5.81. The molecule has 1 aliphatic rings. The zero-order chi connectivity index (χ0) is 11.8.